The molecule has 1 aliphatic rings. The lowest BCUT2D eigenvalue weighted by Crippen LogP contribution is -2.41. The third kappa shape index (κ3) is 3.87. The Bertz CT molecular complexity index is 794. The molecular formula is C19H23N3O4. The Balaban J connectivity index is 1.58. The van der Waals surface area contributed by atoms with Crippen LogP contribution in [0.4, 0.5) is 11.4 Å². The van der Waals surface area contributed by atoms with E-state index in [0.29, 0.717) is 31.6 Å². The number of nitro benzene ring substituents is 1. The minimum Gasteiger partial charge on any atom is -0.464 e. The highest BCUT2D eigenvalue weighted by Gasteiger charge is 2.29. The summed E-state index contributed by atoms with van der Waals surface area (Å²) in [7, 11) is 0. The van der Waals surface area contributed by atoms with Crippen molar-refractivity contribution >= 4 is 17.3 Å². The van der Waals surface area contributed by atoms with E-state index in [1.807, 2.05) is 30.9 Å². The summed E-state index contributed by atoms with van der Waals surface area (Å²) in [5.74, 6) is 1.48. The maximum absolute atomic E-state index is 12.5. The number of rotatable bonds is 5. The first-order valence-corrected chi connectivity index (χ1v) is 8.81. The van der Waals surface area contributed by atoms with Gasteiger partial charge in [-0.1, -0.05) is 12.1 Å². The van der Waals surface area contributed by atoms with E-state index in [1.165, 1.54) is 6.07 Å². The van der Waals surface area contributed by atoms with Gasteiger partial charge in [0.2, 0.25) is 5.91 Å². The molecule has 7 nitrogen and oxygen atoms in total. The molecule has 26 heavy (non-hydrogen) atoms. The van der Waals surface area contributed by atoms with E-state index in [-0.39, 0.29) is 28.5 Å². The minimum absolute atomic E-state index is 0.00812. The van der Waals surface area contributed by atoms with Gasteiger partial charge < -0.3 is 14.6 Å². The lowest BCUT2D eigenvalue weighted by Gasteiger charge is -2.33. The summed E-state index contributed by atoms with van der Waals surface area (Å²) >= 11 is 0. The second-order valence-corrected chi connectivity index (χ2v) is 6.69. The molecule has 0 saturated carbocycles. The second-order valence-electron chi connectivity index (χ2n) is 6.69. The van der Waals surface area contributed by atoms with E-state index in [4.69, 9.17) is 4.42 Å². The summed E-state index contributed by atoms with van der Waals surface area (Å²) in [6, 6.07) is 10.3. The van der Waals surface area contributed by atoms with E-state index >= 15 is 0 Å². The Morgan fingerprint density at radius 3 is 2.58 bits per heavy atom. The molecule has 1 atom stereocenters. The van der Waals surface area contributed by atoms with Gasteiger partial charge in [-0.2, -0.15) is 0 Å². The molecule has 1 unspecified atom stereocenters. The molecule has 7 heteroatoms. The average Bonchev–Trinajstić information content (AvgIpc) is 3.08. The number of hydrogen-bond donors (Lipinski definition) is 1. The van der Waals surface area contributed by atoms with Crippen LogP contribution in [0.2, 0.25) is 0 Å². The number of para-hydroxylation sites is 2. The number of carbonyl (C=O) groups is 1. The van der Waals surface area contributed by atoms with Gasteiger partial charge in [0.05, 0.1) is 11.0 Å². The number of carbonyl (C=O) groups excluding carboxylic acids is 1. The number of piperidine rings is 1. The predicted octanol–water partition coefficient (Wildman–Crippen LogP) is 3.59. The van der Waals surface area contributed by atoms with Crippen molar-refractivity contribution in [2.24, 2.45) is 5.92 Å². The molecule has 138 valence electrons. The van der Waals surface area contributed by atoms with Crippen LogP contribution in [0.25, 0.3) is 0 Å². The highest BCUT2D eigenvalue weighted by Crippen LogP contribution is 2.31. The van der Waals surface area contributed by atoms with Crippen molar-refractivity contribution < 1.29 is 14.1 Å². The third-order valence-electron chi connectivity index (χ3n) is 4.83. The Kier molecular flexibility index (Phi) is 5.25. The van der Waals surface area contributed by atoms with Crippen molar-refractivity contribution in [3.63, 3.8) is 0 Å². The van der Waals surface area contributed by atoms with Gasteiger partial charge in [0, 0.05) is 25.1 Å². The molecule has 1 amide bonds. The first-order valence-electron chi connectivity index (χ1n) is 8.81. The fourth-order valence-electron chi connectivity index (χ4n) is 3.36. The number of hydrogen-bond acceptors (Lipinski definition) is 5. The molecule has 1 aromatic heterocycles. The molecule has 1 aliphatic heterocycles. The van der Waals surface area contributed by atoms with E-state index in [2.05, 4.69) is 5.32 Å². The summed E-state index contributed by atoms with van der Waals surface area (Å²) in [5, 5.41) is 14.2. The average molecular weight is 357 g/mol. The van der Waals surface area contributed by atoms with E-state index in [9.17, 15) is 14.9 Å². The zero-order valence-corrected chi connectivity index (χ0v) is 15.0. The van der Waals surface area contributed by atoms with Crippen LogP contribution in [0, 0.1) is 23.0 Å². The highest BCUT2D eigenvalue weighted by atomic mass is 16.6. The molecule has 1 N–H and O–H groups in total. The van der Waals surface area contributed by atoms with Crippen molar-refractivity contribution in [3.05, 3.63) is 58.0 Å². The molecule has 3 rings (SSSR count). The van der Waals surface area contributed by atoms with Crippen LogP contribution in [0.15, 0.2) is 40.8 Å². The molecule has 1 aromatic carbocycles. The number of nitrogens with zero attached hydrogens (tertiary/aromatic N) is 2. The second kappa shape index (κ2) is 7.59. The lowest BCUT2D eigenvalue weighted by atomic mass is 9.95. The van der Waals surface area contributed by atoms with Crippen LogP contribution in [0.1, 0.15) is 37.3 Å². The summed E-state index contributed by atoms with van der Waals surface area (Å²) in [5.41, 5.74) is 0.730. The number of benzene rings is 1. The van der Waals surface area contributed by atoms with Crippen LogP contribution in [-0.4, -0.2) is 23.9 Å². The maximum Gasteiger partial charge on any atom is 0.292 e. The van der Waals surface area contributed by atoms with E-state index < -0.39 is 0 Å². The molecule has 0 aliphatic carbocycles. The SMILES string of the molecule is Cc1ccc(C(C)NC(=O)C2CCN(c3ccccc3[N+](=O)[O-])CC2)o1. The van der Waals surface area contributed by atoms with Gasteiger partial charge in [-0.15, -0.1) is 0 Å². The normalized spacial score (nSPS) is 16.3. The van der Waals surface area contributed by atoms with Crippen molar-refractivity contribution in [3.8, 4) is 0 Å². The van der Waals surface area contributed by atoms with Crippen LogP contribution in [0.5, 0.6) is 0 Å². The van der Waals surface area contributed by atoms with Crippen LogP contribution >= 0.6 is 0 Å². The van der Waals surface area contributed by atoms with Crippen LogP contribution in [0.3, 0.4) is 0 Å². The molecule has 1 saturated heterocycles. The zero-order chi connectivity index (χ0) is 18.7. The standard InChI is InChI=1S/C19H23N3O4/c1-13-7-8-18(26-13)14(2)20-19(23)15-9-11-21(12-10-15)16-5-3-4-6-17(16)22(24)25/h3-8,14-15H,9-12H2,1-2H3,(H,20,23). The molecule has 1 fully saturated rings. The molecule has 2 aromatic rings. The van der Waals surface area contributed by atoms with Crippen LogP contribution < -0.4 is 10.2 Å². The van der Waals surface area contributed by atoms with Crippen molar-refractivity contribution in [1.82, 2.24) is 5.32 Å². The van der Waals surface area contributed by atoms with E-state index in [1.54, 1.807) is 18.2 Å². The topological polar surface area (TPSA) is 88.6 Å². The van der Waals surface area contributed by atoms with Gasteiger partial charge in [-0.3, -0.25) is 14.9 Å². The number of aryl methyl sites for hydroxylation is 1. The molecule has 0 spiro atoms. The first kappa shape index (κ1) is 18.0. The minimum atomic E-state index is -0.360. The summed E-state index contributed by atoms with van der Waals surface area (Å²) in [6.45, 7) is 5.02. The lowest BCUT2D eigenvalue weighted by molar-refractivity contribution is -0.384. The Morgan fingerprint density at radius 2 is 1.96 bits per heavy atom. The molecule has 0 bridgehead atoms. The highest BCUT2D eigenvalue weighted by molar-refractivity contribution is 5.79. The fraction of sp³-hybridized carbons (Fsp3) is 0.421. The van der Waals surface area contributed by atoms with Crippen molar-refractivity contribution in [2.75, 3.05) is 18.0 Å². The number of nitro groups is 1. The Hall–Kier alpha value is -2.83. The van der Waals surface area contributed by atoms with Crippen LogP contribution in [-0.2, 0) is 4.79 Å². The predicted molar refractivity (Wildman–Crippen MR) is 98.0 cm³/mol. The van der Waals surface area contributed by atoms with Gasteiger partial charge in [0.15, 0.2) is 0 Å². The summed E-state index contributed by atoms with van der Waals surface area (Å²) < 4.78 is 5.56. The third-order valence-corrected chi connectivity index (χ3v) is 4.83. The largest absolute Gasteiger partial charge is 0.464 e. The summed E-state index contributed by atoms with van der Waals surface area (Å²) in [6.07, 6.45) is 1.34. The molecule has 0 radical (unpaired) electrons. The quantitative estimate of drug-likeness (QED) is 0.652. The van der Waals surface area contributed by atoms with E-state index in [0.717, 1.165) is 11.5 Å². The van der Waals surface area contributed by atoms with Gasteiger partial charge in [0.1, 0.15) is 17.2 Å². The maximum atomic E-state index is 12.5. The zero-order valence-electron chi connectivity index (χ0n) is 15.0. The van der Waals surface area contributed by atoms with Gasteiger partial charge in [-0.25, -0.2) is 0 Å². The first-order chi connectivity index (χ1) is 12.5. The Morgan fingerprint density at radius 1 is 1.27 bits per heavy atom. The Labute approximate surface area is 152 Å². The molecule has 2 heterocycles. The van der Waals surface area contributed by atoms with Gasteiger partial charge in [-0.05, 0) is 44.9 Å². The van der Waals surface area contributed by atoms with Gasteiger partial charge in [0.25, 0.3) is 5.69 Å². The monoisotopic (exact) mass is 357 g/mol. The van der Waals surface area contributed by atoms with Crippen molar-refractivity contribution in [1.29, 1.82) is 0 Å². The van der Waals surface area contributed by atoms with Gasteiger partial charge >= 0.3 is 0 Å². The smallest absolute Gasteiger partial charge is 0.292 e. The number of furan rings is 1. The number of anilines is 1. The molecular weight excluding hydrogens is 334 g/mol. The summed E-state index contributed by atoms with van der Waals surface area (Å²) in [4.78, 5) is 25.4. The number of amides is 1. The van der Waals surface area contributed by atoms with Crippen molar-refractivity contribution in [2.45, 2.75) is 32.7 Å². The number of nitrogens with one attached hydrogen (secondary N) is 1. The fourth-order valence-corrected chi connectivity index (χ4v) is 3.36.